The van der Waals surface area contributed by atoms with Crippen LogP contribution < -0.4 is 9.82 Å². The van der Waals surface area contributed by atoms with Crippen LogP contribution in [0.15, 0.2) is 0 Å². The summed E-state index contributed by atoms with van der Waals surface area (Å²) in [6, 6.07) is 0. The zero-order valence-electron chi connectivity index (χ0n) is 13.0. The van der Waals surface area contributed by atoms with Gasteiger partial charge in [-0.15, -0.1) is 0 Å². The Morgan fingerprint density at radius 3 is 1.20 bits per heavy atom. The minimum absolute atomic E-state index is 0.859. The molecule has 0 aliphatic heterocycles. The Balaban J connectivity index is -0.0000000927. The van der Waals surface area contributed by atoms with Crippen LogP contribution in [0.3, 0.4) is 0 Å². The van der Waals surface area contributed by atoms with Gasteiger partial charge in [0.25, 0.3) is 0 Å². The summed E-state index contributed by atoms with van der Waals surface area (Å²) in [7, 11) is 0. The summed E-state index contributed by atoms with van der Waals surface area (Å²) in [6.45, 7) is 8.37. The maximum Gasteiger partial charge on any atom is 0.211 e. The lowest BCUT2D eigenvalue weighted by molar-refractivity contribution is 0.656. The van der Waals surface area contributed by atoms with Crippen LogP contribution in [0.4, 0.5) is 0 Å². The van der Waals surface area contributed by atoms with Crippen LogP contribution in [0.1, 0.15) is 66.2 Å². The third kappa shape index (κ3) is 54.2. The van der Waals surface area contributed by atoms with Gasteiger partial charge in [-0.05, 0) is 13.3 Å². The highest BCUT2D eigenvalue weighted by Gasteiger charge is 1.90. The van der Waals surface area contributed by atoms with Crippen molar-refractivity contribution in [1.29, 1.82) is 22.1 Å². The van der Waals surface area contributed by atoms with E-state index in [0.29, 0.717) is 0 Å². The second kappa shape index (κ2) is 30.7. The Hall–Kier alpha value is -1.20. The largest absolute Gasteiger partial charge is 0.211 e. The Kier molecular flexibility index (Phi) is 41.7. The van der Waals surface area contributed by atoms with Crippen LogP contribution >= 0.6 is 24.4 Å². The molecule has 8 heteroatoms. The first-order valence-corrected chi connectivity index (χ1v) is 7.34. The van der Waals surface area contributed by atoms with Crippen molar-refractivity contribution >= 4 is 34.2 Å². The summed E-state index contributed by atoms with van der Waals surface area (Å²) < 4.78 is 0. The Morgan fingerprint density at radius 2 is 1.10 bits per heavy atom. The van der Waals surface area contributed by atoms with Gasteiger partial charge in [-0.25, -0.2) is 0 Å². The van der Waals surface area contributed by atoms with Crippen molar-refractivity contribution in [3.8, 4) is 0 Å². The van der Waals surface area contributed by atoms with E-state index in [9.17, 15) is 0 Å². The van der Waals surface area contributed by atoms with Crippen LogP contribution in [-0.4, -0.2) is 9.73 Å². The van der Waals surface area contributed by atoms with E-state index in [2.05, 4.69) is 13.8 Å². The van der Waals surface area contributed by atoms with Crippen LogP contribution in [-0.2, 0) is 0 Å². The van der Waals surface area contributed by atoms with E-state index < -0.39 is 0 Å². The van der Waals surface area contributed by atoms with Crippen molar-refractivity contribution in [2.45, 2.75) is 66.2 Å². The fraction of sp³-hybridized carbons (Fsp3) is 0.833. The molecule has 20 heavy (non-hydrogen) atoms. The number of hydrogen-bond donors (Lipinski definition) is 4. The summed E-state index contributed by atoms with van der Waals surface area (Å²) >= 11 is 9.61. The van der Waals surface area contributed by atoms with Gasteiger partial charge < -0.3 is 0 Å². The van der Waals surface area contributed by atoms with Crippen LogP contribution in [0.25, 0.3) is 0 Å². The molecule has 6 nitrogen and oxygen atoms in total. The van der Waals surface area contributed by atoms with Gasteiger partial charge in [0, 0.05) is 9.73 Å². The number of nitrogens with one attached hydrogen (secondary N) is 4. The van der Waals surface area contributed by atoms with Crippen molar-refractivity contribution in [3.63, 3.8) is 0 Å². The normalized spacial score (nSPS) is 7.00. The van der Waals surface area contributed by atoms with Gasteiger partial charge in [-0.2, -0.15) is 0 Å². The molecule has 0 bridgehead atoms. The van der Waals surface area contributed by atoms with Crippen LogP contribution in [0.5, 0.6) is 0 Å². The molecule has 0 unspecified atom stereocenters. The van der Waals surface area contributed by atoms with Crippen molar-refractivity contribution in [2.24, 2.45) is 0 Å². The number of unbranched alkanes of at least 4 members (excludes halogenated alkanes) is 4. The number of hydrogen-bond acceptors (Lipinski definition) is 6. The van der Waals surface area contributed by atoms with E-state index in [-0.39, 0.29) is 0 Å². The first-order valence-electron chi connectivity index (χ1n) is 6.53. The lowest BCUT2D eigenvalue weighted by Crippen LogP contribution is -2.00. The molecule has 0 aromatic rings. The van der Waals surface area contributed by atoms with Gasteiger partial charge >= 0.3 is 0 Å². The fourth-order valence-corrected chi connectivity index (χ4v) is 1.07. The van der Waals surface area contributed by atoms with E-state index in [1.165, 1.54) is 32.1 Å². The lowest BCUT2D eigenvalue weighted by Gasteiger charge is -1.90. The topological polar surface area (TPSA) is 124 Å². The Bertz CT molecular complexity index is 276. The first-order chi connectivity index (χ1) is 9.42. The van der Waals surface area contributed by atoms with Gasteiger partial charge in [0.1, 0.15) is 22.1 Å². The predicted molar refractivity (Wildman–Crippen MR) is 90.7 cm³/mol. The molecule has 0 saturated carbocycles. The van der Waals surface area contributed by atoms with Crippen molar-refractivity contribution in [2.75, 3.05) is 0 Å². The molecule has 0 saturated heterocycles. The predicted octanol–water partition coefficient (Wildman–Crippen LogP) is 5.36. The molecule has 0 fully saturated rings. The van der Waals surface area contributed by atoms with Gasteiger partial charge in [-0.1, -0.05) is 77.3 Å². The molecule has 0 spiro atoms. The summed E-state index contributed by atoms with van der Waals surface area (Å²) in [6.07, 6.45) is 7.92. The number of rotatable bonds is 6. The molecule has 0 amide bonds. The maximum absolute atomic E-state index is 5.50. The van der Waals surface area contributed by atoms with E-state index in [1.54, 1.807) is 0 Å². The highest BCUT2D eigenvalue weighted by Crippen LogP contribution is 2.00. The SMILES string of the molecule is CCC(=S)C(C)=S.CCCCCCC.N=[N+]=N.N=[N+]=N. The first kappa shape index (κ1) is 27.2. The van der Waals surface area contributed by atoms with Crippen molar-refractivity contribution in [3.05, 3.63) is 0 Å². The molecule has 0 aromatic heterocycles. The van der Waals surface area contributed by atoms with E-state index in [0.717, 1.165) is 16.1 Å². The minimum atomic E-state index is 0.859. The summed E-state index contributed by atoms with van der Waals surface area (Å²) in [5, 5.41) is 0. The van der Waals surface area contributed by atoms with Gasteiger partial charge in [-0.3, -0.25) is 0 Å². The smallest absolute Gasteiger partial charge is 0.0840 e. The number of thiocarbonyl (C=S) groups is 2. The molecule has 0 radical (unpaired) electrons. The molecular weight excluding hydrogens is 292 g/mol. The zero-order valence-corrected chi connectivity index (χ0v) is 14.6. The van der Waals surface area contributed by atoms with E-state index >= 15 is 0 Å². The molecule has 116 valence electrons. The molecule has 4 N–H and O–H groups in total. The minimum Gasteiger partial charge on any atom is -0.0840 e. The molecular formula is C12H28N6S2+2. The number of nitrogens with zero attached hydrogens (tertiary/aromatic N) is 2. The average Bonchev–Trinajstić information content (AvgIpc) is 2.41. The van der Waals surface area contributed by atoms with Crippen molar-refractivity contribution in [1.82, 2.24) is 9.82 Å². The molecule has 0 heterocycles. The molecule has 0 aliphatic carbocycles. The second-order valence-corrected chi connectivity index (χ2v) is 4.72. The third-order valence-electron chi connectivity index (χ3n) is 1.92. The average molecular weight is 321 g/mol. The highest BCUT2D eigenvalue weighted by atomic mass is 32.1. The second-order valence-electron chi connectivity index (χ2n) is 3.62. The summed E-state index contributed by atoms with van der Waals surface area (Å²) in [5.74, 6) is 0. The Morgan fingerprint density at radius 1 is 0.800 bits per heavy atom. The molecule has 0 atom stereocenters. The maximum atomic E-state index is 5.50. The monoisotopic (exact) mass is 320 g/mol. The highest BCUT2D eigenvalue weighted by molar-refractivity contribution is 7.89. The molecule has 0 rings (SSSR count). The standard InChI is InChI=1S/C7H16.C5H8S2.2H2N3/c1-3-5-7-6-4-2;1-3-5(7)4(2)6;2*1-3-2/h3-7H2,1-2H3;3H2,1-2H3;2*1-2H/q;;2*+1. The fourth-order valence-electron chi connectivity index (χ4n) is 0.926. The zero-order chi connectivity index (χ0) is 16.8. The van der Waals surface area contributed by atoms with E-state index in [1.807, 2.05) is 23.7 Å². The summed E-state index contributed by atoms with van der Waals surface area (Å²) in [4.78, 5) is 5.77. The Labute approximate surface area is 132 Å². The van der Waals surface area contributed by atoms with Gasteiger partial charge in [0.05, 0.1) is 0 Å². The van der Waals surface area contributed by atoms with E-state index in [4.69, 9.17) is 46.6 Å². The van der Waals surface area contributed by atoms with Gasteiger partial charge in [0.15, 0.2) is 0 Å². The third-order valence-corrected chi connectivity index (χ3v) is 2.89. The van der Waals surface area contributed by atoms with Gasteiger partial charge in [0.2, 0.25) is 9.82 Å². The molecule has 0 aromatic carbocycles. The van der Waals surface area contributed by atoms with Crippen LogP contribution in [0.2, 0.25) is 0 Å². The summed E-state index contributed by atoms with van der Waals surface area (Å²) in [5.41, 5.74) is 22.0. The lowest BCUT2D eigenvalue weighted by atomic mass is 10.2. The van der Waals surface area contributed by atoms with Crippen LogP contribution in [0, 0.1) is 22.1 Å². The van der Waals surface area contributed by atoms with Crippen molar-refractivity contribution < 1.29 is 0 Å². The quantitative estimate of drug-likeness (QED) is 0.227. The molecule has 0 aliphatic rings.